The number of hydrogen-bond acceptors (Lipinski definition) is 6. The van der Waals surface area contributed by atoms with E-state index in [0.717, 1.165) is 0 Å². The van der Waals surface area contributed by atoms with Crippen molar-refractivity contribution in [2.75, 3.05) is 24.3 Å². The molecule has 0 atom stereocenters. The summed E-state index contributed by atoms with van der Waals surface area (Å²) < 4.78 is 12.7. The van der Waals surface area contributed by atoms with E-state index < -0.39 is 0 Å². The maximum absolute atomic E-state index is 11.9. The van der Waals surface area contributed by atoms with Gasteiger partial charge in [0.15, 0.2) is 16.7 Å². The zero-order valence-electron chi connectivity index (χ0n) is 11.4. The van der Waals surface area contributed by atoms with Gasteiger partial charge in [-0.3, -0.25) is 4.79 Å². The summed E-state index contributed by atoms with van der Waals surface area (Å²) in [6, 6.07) is 5.34. The molecule has 1 N–H and O–H groups in total. The molecule has 21 heavy (non-hydrogen) atoms. The number of fused-ring (bicyclic) bond motifs is 1. The fourth-order valence-electron chi connectivity index (χ4n) is 1.85. The Morgan fingerprint density at radius 1 is 1.38 bits per heavy atom. The van der Waals surface area contributed by atoms with Gasteiger partial charge in [0.25, 0.3) is 0 Å². The molecule has 0 fully saturated rings. The second-order valence-electron chi connectivity index (χ2n) is 4.42. The molecular formula is C13H14N4O3S. The van der Waals surface area contributed by atoms with Crippen LogP contribution in [0, 0.1) is 0 Å². The Bertz CT molecular complexity index is 659. The number of hydrogen-bond donors (Lipinski definition) is 1. The molecule has 1 amide bonds. The van der Waals surface area contributed by atoms with E-state index >= 15 is 0 Å². The molecule has 1 aliphatic heterocycles. The van der Waals surface area contributed by atoms with Crippen molar-refractivity contribution in [1.29, 1.82) is 0 Å². The molecule has 0 aliphatic carbocycles. The zero-order chi connectivity index (χ0) is 14.7. The van der Waals surface area contributed by atoms with Crippen LogP contribution in [0.5, 0.6) is 11.5 Å². The molecule has 2 heterocycles. The van der Waals surface area contributed by atoms with Gasteiger partial charge in [-0.15, -0.1) is 10.2 Å². The minimum atomic E-state index is -0.111. The average Bonchev–Trinajstić information content (AvgIpc) is 2.90. The predicted octanol–water partition coefficient (Wildman–Crippen LogP) is 1.32. The number of ether oxygens (including phenoxy) is 2. The highest BCUT2D eigenvalue weighted by Gasteiger charge is 2.13. The molecule has 0 unspecified atom stereocenters. The molecule has 110 valence electrons. The largest absolute Gasteiger partial charge is 0.486 e. The first kappa shape index (κ1) is 13.7. The van der Waals surface area contributed by atoms with Gasteiger partial charge in [-0.1, -0.05) is 11.8 Å². The molecule has 0 spiro atoms. The Morgan fingerprint density at radius 2 is 2.19 bits per heavy atom. The Labute approximate surface area is 125 Å². The maximum atomic E-state index is 11.9. The fraction of sp³-hybridized carbons (Fsp3) is 0.308. The number of amides is 1. The summed E-state index contributed by atoms with van der Waals surface area (Å²) in [5.41, 5.74) is 0.683. The van der Waals surface area contributed by atoms with Crippen LogP contribution >= 0.6 is 11.8 Å². The molecule has 0 saturated carbocycles. The van der Waals surface area contributed by atoms with E-state index in [-0.39, 0.29) is 11.7 Å². The lowest BCUT2D eigenvalue weighted by molar-refractivity contribution is -0.113. The summed E-state index contributed by atoms with van der Waals surface area (Å²) in [6.07, 6.45) is 1.60. The zero-order valence-corrected chi connectivity index (χ0v) is 12.2. The van der Waals surface area contributed by atoms with Gasteiger partial charge in [0.05, 0.1) is 5.75 Å². The molecule has 0 saturated heterocycles. The number of carbonyl (C=O) groups excluding carboxylic acids is 1. The second kappa shape index (κ2) is 6.04. The van der Waals surface area contributed by atoms with Gasteiger partial charge in [-0.05, 0) is 12.1 Å². The van der Waals surface area contributed by atoms with Crippen molar-refractivity contribution in [3.8, 4) is 11.5 Å². The van der Waals surface area contributed by atoms with Crippen LogP contribution in [0.4, 0.5) is 5.69 Å². The summed E-state index contributed by atoms with van der Waals surface area (Å²) in [7, 11) is 1.83. The molecular weight excluding hydrogens is 292 g/mol. The standard InChI is InChI=1S/C13H14N4O3S/c1-17-8-14-16-13(17)21-7-12(18)15-9-2-3-10-11(6-9)20-5-4-19-10/h2-3,6,8H,4-5,7H2,1H3,(H,15,18). The van der Waals surface area contributed by atoms with Crippen LogP contribution in [0.25, 0.3) is 0 Å². The molecule has 2 aromatic rings. The maximum Gasteiger partial charge on any atom is 0.234 e. The van der Waals surface area contributed by atoms with Crippen molar-refractivity contribution >= 4 is 23.4 Å². The van der Waals surface area contributed by atoms with Gasteiger partial charge < -0.3 is 19.4 Å². The van der Waals surface area contributed by atoms with Crippen LogP contribution in [-0.2, 0) is 11.8 Å². The van der Waals surface area contributed by atoms with Gasteiger partial charge in [0, 0.05) is 18.8 Å². The van der Waals surface area contributed by atoms with E-state index in [1.54, 1.807) is 29.1 Å². The van der Waals surface area contributed by atoms with Gasteiger partial charge in [-0.2, -0.15) is 0 Å². The van der Waals surface area contributed by atoms with Crippen LogP contribution in [-0.4, -0.2) is 39.6 Å². The highest BCUT2D eigenvalue weighted by molar-refractivity contribution is 7.99. The van der Waals surface area contributed by atoms with Crippen LogP contribution in [0.2, 0.25) is 0 Å². The molecule has 1 aromatic heterocycles. The number of nitrogens with zero attached hydrogens (tertiary/aromatic N) is 3. The Hall–Kier alpha value is -2.22. The van der Waals surface area contributed by atoms with Crippen molar-refractivity contribution in [2.24, 2.45) is 7.05 Å². The highest BCUT2D eigenvalue weighted by Crippen LogP contribution is 2.32. The number of aromatic nitrogens is 3. The molecule has 1 aliphatic rings. The predicted molar refractivity (Wildman–Crippen MR) is 77.8 cm³/mol. The summed E-state index contributed by atoms with van der Waals surface area (Å²) in [5.74, 6) is 1.51. The van der Waals surface area contributed by atoms with E-state index in [1.165, 1.54) is 11.8 Å². The lowest BCUT2D eigenvalue weighted by Gasteiger charge is -2.18. The third kappa shape index (κ3) is 3.27. The van der Waals surface area contributed by atoms with Crippen molar-refractivity contribution in [1.82, 2.24) is 14.8 Å². The van der Waals surface area contributed by atoms with E-state index in [1.807, 2.05) is 7.05 Å². The van der Waals surface area contributed by atoms with E-state index in [9.17, 15) is 4.79 Å². The Kier molecular flexibility index (Phi) is 3.96. The van der Waals surface area contributed by atoms with Crippen molar-refractivity contribution in [3.63, 3.8) is 0 Å². The Balaban J connectivity index is 1.58. The summed E-state index contributed by atoms with van der Waals surface area (Å²) in [6.45, 7) is 1.07. The average molecular weight is 306 g/mol. The van der Waals surface area contributed by atoms with E-state index in [4.69, 9.17) is 9.47 Å². The first-order chi connectivity index (χ1) is 10.2. The minimum Gasteiger partial charge on any atom is -0.486 e. The monoisotopic (exact) mass is 306 g/mol. The van der Waals surface area contributed by atoms with Gasteiger partial charge in [0.2, 0.25) is 5.91 Å². The lowest BCUT2D eigenvalue weighted by Crippen LogP contribution is -2.17. The molecule has 0 bridgehead atoms. The molecule has 3 rings (SSSR count). The number of thioether (sulfide) groups is 1. The van der Waals surface area contributed by atoms with Crippen LogP contribution in [0.15, 0.2) is 29.7 Å². The SMILES string of the molecule is Cn1cnnc1SCC(=O)Nc1ccc2c(c1)OCCO2. The van der Waals surface area contributed by atoms with Crippen LogP contribution in [0.3, 0.4) is 0 Å². The smallest absolute Gasteiger partial charge is 0.234 e. The number of benzene rings is 1. The molecule has 0 radical (unpaired) electrons. The third-order valence-corrected chi connectivity index (χ3v) is 3.86. The number of rotatable bonds is 4. The first-order valence-corrected chi connectivity index (χ1v) is 7.37. The lowest BCUT2D eigenvalue weighted by atomic mass is 10.2. The summed E-state index contributed by atoms with van der Waals surface area (Å²) >= 11 is 1.33. The highest BCUT2D eigenvalue weighted by atomic mass is 32.2. The number of aryl methyl sites for hydroxylation is 1. The Morgan fingerprint density at radius 3 is 2.95 bits per heavy atom. The van der Waals surface area contributed by atoms with Gasteiger partial charge >= 0.3 is 0 Å². The number of carbonyl (C=O) groups is 1. The minimum absolute atomic E-state index is 0.111. The van der Waals surface area contributed by atoms with Crippen molar-refractivity contribution < 1.29 is 14.3 Å². The first-order valence-electron chi connectivity index (χ1n) is 6.38. The number of anilines is 1. The van der Waals surface area contributed by atoms with Crippen LogP contribution in [0.1, 0.15) is 0 Å². The second-order valence-corrected chi connectivity index (χ2v) is 5.36. The topological polar surface area (TPSA) is 78.3 Å². The third-order valence-electron chi connectivity index (χ3n) is 2.83. The summed E-state index contributed by atoms with van der Waals surface area (Å²) in [4.78, 5) is 11.9. The summed E-state index contributed by atoms with van der Waals surface area (Å²) in [5, 5.41) is 11.2. The molecule has 8 heteroatoms. The number of nitrogens with one attached hydrogen (secondary N) is 1. The molecule has 1 aromatic carbocycles. The fourth-order valence-corrected chi connectivity index (χ4v) is 2.54. The van der Waals surface area contributed by atoms with E-state index in [0.29, 0.717) is 35.6 Å². The molecule has 7 nitrogen and oxygen atoms in total. The van der Waals surface area contributed by atoms with Crippen molar-refractivity contribution in [2.45, 2.75) is 5.16 Å². The van der Waals surface area contributed by atoms with Gasteiger partial charge in [0.1, 0.15) is 19.5 Å². The van der Waals surface area contributed by atoms with Crippen molar-refractivity contribution in [3.05, 3.63) is 24.5 Å². The van der Waals surface area contributed by atoms with E-state index in [2.05, 4.69) is 15.5 Å². The van der Waals surface area contributed by atoms with Crippen LogP contribution < -0.4 is 14.8 Å². The quantitative estimate of drug-likeness (QED) is 0.858. The van der Waals surface area contributed by atoms with Gasteiger partial charge in [-0.25, -0.2) is 0 Å². The normalized spacial score (nSPS) is 13.0.